The lowest BCUT2D eigenvalue weighted by Crippen LogP contribution is -2.14. The van der Waals surface area contributed by atoms with Gasteiger partial charge in [0.1, 0.15) is 5.76 Å². The molecule has 21 heavy (non-hydrogen) atoms. The largest absolute Gasteiger partial charge is 0.475 e. The number of fused-ring (bicyclic) bond motifs is 2. The number of hydrogen-bond donors (Lipinski definition) is 1. The second kappa shape index (κ2) is 5.98. The molecule has 0 unspecified atom stereocenters. The first-order valence-corrected chi connectivity index (χ1v) is 8.27. The predicted molar refractivity (Wildman–Crippen MR) is 84.1 cm³/mol. The van der Waals surface area contributed by atoms with Gasteiger partial charge in [-0.25, -0.2) is 4.79 Å². The molecule has 2 aliphatic rings. The lowest BCUT2D eigenvalue weighted by Gasteiger charge is -2.26. The van der Waals surface area contributed by atoms with Gasteiger partial charge in [-0.3, -0.25) is 0 Å². The minimum absolute atomic E-state index is 0.0468. The molecule has 0 saturated carbocycles. The maximum Gasteiger partial charge on any atom is 0.371 e. The molecule has 4 heteroatoms. The van der Waals surface area contributed by atoms with E-state index in [0.29, 0.717) is 6.42 Å². The molecule has 1 aromatic rings. The number of carboxylic acids is 1. The normalized spacial score (nSPS) is 16.7. The van der Waals surface area contributed by atoms with Gasteiger partial charge >= 0.3 is 5.97 Å². The average Bonchev–Trinajstić information content (AvgIpc) is 2.52. The van der Waals surface area contributed by atoms with Gasteiger partial charge in [-0.15, -0.1) is 11.8 Å². The molecule has 0 amide bonds. The summed E-state index contributed by atoms with van der Waals surface area (Å²) in [6, 6.07) is 6.47. The van der Waals surface area contributed by atoms with Gasteiger partial charge in [0.05, 0.1) is 0 Å². The quantitative estimate of drug-likeness (QED) is 0.904. The van der Waals surface area contributed by atoms with E-state index >= 15 is 0 Å². The van der Waals surface area contributed by atoms with Gasteiger partial charge in [-0.05, 0) is 48.6 Å². The topological polar surface area (TPSA) is 46.5 Å². The Morgan fingerprint density at radius 3 is 3.05 bits per heavy atom. The van der Waals surface area contributed by atoms with Crippen LogP contribution < -0.4 is 0 Å². The van der Waals surface area contributed by atoms with Crippen LogP contribution in [0.1, 0.15) is 37.3 Å². The van der Waals surface area contributed by atoms with Gasteiger partial charge in [0, 0.05) is 16.2 Å². The Hall–Kier alpha value is -1.68. The monoisotopic (exact) mass is 302 g/mol. The minimum Gasteiger partial charge on any atom is -0.475 e. The van der Waals surface area contributed by atoms with Gasteiger partial charge < -0.3 is 9.84 Å². The van der Waals surface area contributed by atoms with Crippen LogP contribution in [0.4, 0.5) is 0 Å². The third kappa shape index (κ3) is 2.86. The van der Waals surface area contributed by atoms with Crippen molar-refractivity contribution in [1.29, 1.82) is 0 Å². The summed E-state index contributed by atoms with van der Waals surface area (Å²) in [5.74, 6) is 0.691. The van der Waals surface area contributed by atoms with Crippen LogP contribution in [0.25, 0.3) is 5.76 Å². The summed E-state index contributed by atoms with van der Waals surface area (Å²) < 4.78 is 5.67. The van der Waals surface area contributed by atoms with Crippen LogP contribution in [0.2, 0.25) is 0 Å². The van der Waals surface area contributed by atoms with Crippen LogP contribution in [0.5, 0.6) is 0 Å². The maximum atomic E-state index is 11.1. The lowest BCUT2D eigenvalue weighted by molar-refractivity contribution is -0.135. The maximum absolute atomic E-state index is 11.1. The molecule has 1 N–H and O–H groups in total. The fourth-order valence-corrected chi connectivity index (χ4v) is 3.67. The SMILES string of the molecule is CCCCc1ccc2c(c1)C1=C(CC=C(C(=O)O)O1)CS2. The molecule has 3 nitrogen and oxygen atoms in total. The molecule has 0 fully saturated rings. The number of rotatable bonds is 4. The molecular formula is C17H18O3S. The Morgan fingerprint density at radius 2 is 2.29 bits per heavy atom. The molecule has 2 heterocycles. The number of hydrogen-bond acceptors (Lipinski definition) is 3. The van der Waals surface area contributed by atoms with Crippen molar-refractivity contribution in [3.05, 3.63) is 46.7 Å². The zero-order valence-corrected chi connectivity index (χ0v) is 12.8. The Kier molecular flexibility index (Phi) is 4.06. The Balaban J connectivity index is 1.93. The lowest BCUT2D eigenvalue weighted by atomic mass is 10.00. The fraction of sp³-hybridized carbons (Fsp3) is 0.353. The second-order valence-electron chi connectivity index (χ2n) is 5.34. The number of carbonyl (C=O) groups is 1. The van der Waals surface area contributed by atoms with E-state index in [9.17, 15) is 4.79 Å². The van der Waals surface area contributed by atoms with Gasteiger partial charge in [-0.2, -0.15) is 0 Å². The predicted octanol–water partition coefficient (Wildman–Crippen LogP) is 4.23. The van der Waals surface area contributed by atoms with Crippen molar-refractivity contribution in [2.45, 2.75) is 37.5 Å². The van der Waals surface area contributed by atoms with Crippen LogP contribution in [-0.2, 0) is 16.0 Å². The third-order valence-electron chi connectivity index (χ3n) is 3.79. The van der Waals surface area contributed by atoms with Crippen molar-refractivity contribution in [1.82, 2.24) is 0 Å². The zero-order valence-electron chi connectivity index (χ0n) is 12.0. The molecule has 0 aromatic heterocycles. The summed E-state index contributed by atoms with van der Waals surface area (Å²) in [5.41, 5.74) is 3.53. The third-order valence-corrected chi connectivity index (χ3v) is 4.95. The molecule has 2 aliphatic heterocycles. The number of benzene rings is 1. The zero-order chi connectivity index (χ0) is 14.8. The van der Waals surface area contributed by atoms with E-state index in [1.807, 2.05) is 0 Å². The van der Waals surface area contributed by atoms with Crippen molar-refractivity contribution >= 4 is 23.5 Å². The minimum atomic E-state index is -0.997. The summed E-state index contributed by atoms with van der Waals surface area (Å²) in [4.78, 5) is 12.3. The fourth-order valence-electron chi connectivity index (χ4n) is 2.61. The van der Waals surface area contributed by atoms with Gasteiger partial charge in [0.2, 0.25) is 5.76 Å². The summed E-state index contributed by atoms with van der Waals surface area (Å²) in [7, 11) is 0. The average molecular weight is 302 g/mol. The summed E-state index contributed by atoms with van der Waals surface area (Å²) in [6.07, 6.45) is 5.72. The summed E-state index contributed by atoms with van der Waals surface area (Å²) in [6.45, 7) is 2.18. The highest BCUT2D eigenvalue weighted by Crippen LogP contribution is 2.42. The first kappa shape index (κ1) is 14.3. The van der Waals surface area contributed by atoms with Gasteiger partial charge in [0.25, 0.3) is 0 Å². The van der Waals surface area contributed by atoms with E-state index in [4.69, 9.17) is 9.84 Å². The molecule has 1 aromatic carbocycles. The van der Waals surface area contributed by atoms with Gasteiger partial charge in [-0.1, -0.05) is 19.4 Å². The number of aliphatic carboxylic acids is 1. The van der Waals surface area contributed by atoms with Crippen molar-refractivity contribution in [2.24, 2.45) is 0 Å². The Labute approximate surface area is 128 Å². The van der Waals surface area contributed by atoms with Crippen LogP contribution >= 0.6 is 11.8 Å². The Bertz CT molecular complexity index is 643. The van der Waals surface area contributed by atoms with Crippen molar-refractivity contribution < 1.29 is 14.6 Å². The summed E-state index contributed by atoms with van der Waals surface area (Å²) in [5, 5.41) is 9.13. The number of allylic oxidation sites excluding steroid dienone is 1. The van der Waals surface area contributed by atoms with Crippen molar-refractivity contribution in [3.63, 3.8) is 0 Å². The number of aryl methyl sites for hydroxylation is 1. The smallest absolute Gasteiger partial charge is 0.371 e. The molecule has 0 spiro atoms. The highest BCUT2D eigenvalue weighted by atomic mass is 32.2. The van der Waals surface area contributed by atoms with Crippen molar-refractivity contribution in [2.75, 3.05) is 5.75 Å². The molecule has 0 aliphatic carbocycles. The van der Waals surface area contributed by atoms with Crippen LogP contribution in [-0.4, -0.2) is 16.8 Å². The van der Waals surface area contributed by atoms with Crippen LogP contribution in [0, 0.1) is 0 Å². The second-order valence-corrected chi connectivity index (χ2v) is 6.35. The number of ether oxygens (including phenoxy) is 1. The summed E-state index contributed by atoms with van der Waals surface area (Å²) >= 11 is 1.80. The molecule has 110 valence electrons. The van der Waals surface area contributed by atoms with E-state index in [-0.39, 0.29) is 5.76 Å². The van der Waals surface area contributed by atoms with E-state index in [0.717, 1.165) is 23.5 Å². The van der Waals surface area contributed by atoms with E-state index in [1.54, 1.807) is 17.8 Å². The molecule has 0 atom stereocenters. The van der Waals surface area contributed by atoms with Crippen molar-refractivity contribution in [3.8, 4) is 0 Å². The standard InChI is InChI=1S/C17H18O3S/c1-2-3-4-11-5-8-15-13(9-11)16-12(10-21-15)6-7-14(20-16)17(18)19/h5,7-9H,2-4,6,10H2,1H3,(H,18,19). The number of unbranched alkanes of at least 4 members (excludes halogenated alkanes) is 1. The molecular weight excluding hydrogens is 284 g/mol. The number of thioether (sulfide) groups is 1. The van der Waals surface area contributed by atoms with Crippen LogP contribution in [0.3, 0.4) is 0 Å². The van der Waals surface area contributed by atoms with E-state index in [2.05, 4.69) is 25.1 Å². The first-order valence-electron chi connectivity index (χ1n) is 7.28. The highest BCUT2D eigenvalue weighted by Gasteiger charge is 2.27. The van der Waals surface area contributed by atoms with E-state index in [1.165, 1.54) is 28.9 Å². The molecule has 0 bridgehead atoms. The van der Waals surface area contributed by atoms with E-state index < -0.39 is 5.97 Å². The first-order chi connectivity index (χ1) is 10.2. The Morgan fingerprint density at radius 1 is 1.43 bits per heavy atom. The molecule has 0 saturated heterocycles. The molecule has 3 rings (SSSR count). The number of carboxylic acid groups (broad SMARTS) is 1. The molecule has 0 radical (unpaired) electrons. The highest BCUT2D eigenvalue weighted by molar-refractivity contribution is 7.99. The van der Waals surface area contributed by atoms with Gasteiger partial charge in [0.15, 0.2) is 0 Å². The van der Waals surface area contributed by atoms with Crippen LogP contribution in [0.15, 0.2) is 40.5 Å².